The van der Waals surface area contributed by atoms with E-state index in [1.807, 2.05) is 6.07 Å². The van der Waals surface area contributed by atoms with Gasteiger partial charge in [0.05, 0.1) is 21.0 Å². The van der Waals surface area contributed by atoms with E-state index in [-0.39, 0.29) is 0 Å². The van der Waals surface area contributed by atoms with Crippen molar-refractivity contribution in [3.8, 4) is 12.1 Å². The highest BCUT2D eigenvalue weighted by Crippen LogP contribution is 2.35. The van der Waals surface area contributed by atoms with Crippen molar-refractivity contribution in [1.82, 2.24) is 0 Å². The number of nitriles is 2. The van der Waals surface area contributed by atoms with E-state index in [1.54, 1.807) is 12.1 Å². The van der Waals surface area contributed by atoms with E-state index in [4.69, 9.17) is 10.5 Å². The molecule has 1 aromatic heterocycles. The van der Waals surface area contributed by atoms with Gasteiger partial charge in [0.1, 0.15) is 6.07 Å². The summed E-state index contributed by atoms with van der Waals surface area (Å²) in [5.74, 6) is 0. The molecule has 0 aliphatic carbocycles. The molecule has 0 saturated carbocycles. The molecule has 4 heteroatoms. The molecule has 1 heterocycles. The Balaban J connectivity index is 2.84. The first kappa shape index (κ1) is 9.21. The predicted octanol–water partition coefficient (Wildman–Crippen LogP) is 3.41. The van der Waals surface area contributed by atoms with Crippen LogP contribution in [0.4, 0.5) is 0 Å². The van der Waals surface area contributed by atoms with Gasteiger partial charge in [-0.3, -0.25) is 0 Å². The molecule has 2 rings (SSSR count). The fourth-order valence-electron chi connectivity index (χ4n) is 1.24. The number of hydrogen-bond acceptors (Lipinski definition) is 3. The maximum atomic E-state index is 8.89. The third kappa shape index (κ3) is 1.29. The maximum absolute atomic E-state index is 8.89. The second-order valence-electron chi connectivity index (χ2n) is 2.69. The second-order valence-corrected chi connectivity index (χ2v) is 5.06. The molecule has 2 nitrogen and oxygen atoms in total. The Morgan fingerprint density at radius 2 is 2.00 bits per heavy atom. The number of nitrogens with zero attached hydrogens (tertiary/aromatic N) is 2. The highest BCUT2D eigenvalue weighted by atomic mass is 79.9. The Labute approximate surface area is 93.1 Å². The van der Waals surface area contributed by atoms with E-state index in [0.717, 1.165) is 13.9 Å². The van der Waals surface area contributed by atoms with Crippen molar-refractivity contribution in [3.05, 3.63) is 33.1 Å². The molecule has 0 N–H and O–H groups in total. The normalized spacial score (nSPS) is 9.64. The summed E-state index contributed by atoms with van der Waals surface area (Å²) < 4.78 is 1.79. The summed E-state index contributed by atoms with van der Waals surface area (Å²) in [6, 6.07) is 9.55. The third-order valence-electron chi connectivity index (χ3n) is 1.89. The minimum Gasteiger partial charge on any atom is -0.192 e. The van der Waals surface area contributed by atoms with Crippen molar-refractivity contribution in [2.45, 2.75) is 0 Å². The van der Waals surface area contributed by atoms with Crippen molar-refractivity contribution in [1.29, 1.82) is 10.5 Å². The molecule has 0 bridgehead atoms. The van der Waals surface area contributed by atoms with Crippen LogP contribution in [0.2, 0.25) is 0 Å². The molecule has 1 aromatic carbocycles. The minimum absolute atomic E-state index is 0.621. The van der Waals surface area contributed by atoms with E-state index in [1.165, 1.54) is 11.3 Å². The molecule has 0 unspecified atom stereocenters. The number of rotatable bonds is 0. The molecule has 66 valence electrons. The fraction of sp³-hybridized carbons (Fsp3) is 0. The summed E-state index contributed by atoms with van der Waals surface area (Å²) in [4.78, 5) is 0. The molecule has 0 fully saturated rings. The lowest BCUT2D eigenvalue weighted by Crippen LogP contribution is -1.73. The summed E-state index contributed by atoms with van der Waals surface area (Å²) in [5.41, 5.74) is 1.27. The smallest absolute Gasteiger partial charge is 0.102 e. The predicted molar refractivity (Wildman–Crippen MR) is 59.0 cm³/mol. The molecule has 14 heavy (non-hydrogen) atoms. The summed E-state index contributed by atoms with van der Waals surface area (Å²) in [6.07, 6.45) is 0. The van der Waals surface area contributed by atoms with Gasteiger partial charge in [0.2, 0.25) is 0 Å². The van der Waals surface area contributed by atoms with Crippen LogP contribution < -0.4 is 0 Å². The average molecular weight is 263 g/mol. The van der Waals surface area contributed by atoms with Crippen LogP contribution in [-0.2, 0) is 0 Å². The van der Waals surface area contributed by atoms with Crippen LogP contribution in [0.25, 0.3) is 10.1 Å². The molecular formula is C10H3BrN2S. The Hall–Kier alpha value is -1.36. The van der Waals surface area contributed by atoms with Crippen molar-refractivity contribution in [2.24, 2.45) is 0 Å². The summed E-state index contributed by atoms with van der Waals surface area (Å²) in [5, 5.41) is 18.5. The highest BCUT2D eigenvalue weighted by Gasteiger charge is 2.09. The van der Waals surface area contributed by atoms with Crippen molar-refractivity contribution < 1.29 is 0 Å². The van der Waals surface area contributed by atoms with Crippen LogP contribution in [0, 0.1) is 22.7 Å². The monoisotopic (exact) mass is 262 g/mol. The van der Waals surface area contributed by atoms with Crippen molar-refractivity contribution >= 4 is 37.4 Å². The molecular weight excluding hydrogens is 260 g/mol. The standard InChI is InChI=1S/C10H3BrN2S/c11-10-8(5-13)7-2-1-6(4-12)3-9(7)14-10/h1-3H. The first-order chi connectivity index (χ1) is 6.76. The van der Waals surface area contributed by atoms with Gasteiger partial charge in [-0.1, -0.05) is 6.07 Å². The van der Waals surface area contributed by atoms with Gasteiger partial charge in [-0.2, -0.15) is 10.5 Å². The SMILES string of the molecule is N#Cc1ccc2c(C#N)c(Br)sc2c1. The summed E-state index contributed by atoms with van der Waals surface area (Å²) in [7, 11) is 0. The number of hydrogen-bond donors (Lipinski definition) is 0. The first-order valence-electron chi connectivity index (χ1n) is 3.78. The van der Waals surface area contributed by atoms with Gasteiger partial charge in [0.25, 0.3) is 0 Å². The van der Waals surface area contributed by atoms with Crippen LogP contribution in [0.1, 0.15) is 11.1 Å². The van der Waals surface area contributed by atoms with Gasteiger partial charge in [0, 0.05) is 10.1 Å². The van der Waals surface area contributed by atoms with Crippen molar-refractivity contribution in [2.75, 3.05) is 0 Å². The largest absolute Gasteiger partial charge is 0.192 e. The zero-order valence-electron chi connectivity index (χ0n) is 6.91. The zero-order chi connectivity index (χ0) is 10.1. The van der Waals surface area contributed by atoms with Crippen LogP contribution in [0.5, 0.6) is 0 Å². The van der Waals surface area contributed by atoms with Gasteiger partial charge >= 0.3 is 0 Å². The Bertz CT molecular complexity index is 586. The quantitative estimate of drug-likeness (QED) is 0.731. The number of fused-ring (bicyclic) bond motifs is 1. The van der Waals surface area contributed by atoms with Gasteiger partial charge in [-0.15, -0.1) is 11.3 Å². The second kappa shape index (κ2) is 3.42. The zero-order valence-corrected chi connectivity index (χ0v) is 9.32. The molecule has 0 saturated heterocycles. The number of thiophene rings is 1. The lowest BCUT2D eigenvalue weighted by molar-refractivity contribution is 1.49. The third-order valence-corrected chi connectivity index (χ3v) is 3.71. The highest BCUT2D eigenvalue weighted by molar-refractivity contribution is 9.11. The van der Waals surface area contributed by atoms with Crippen molar-refractivity contribution in [3.63, 3.8) is 0 Å². The fourth-order valence-corrected chi connectivity index (χ4v) is 2.98. The van der Waals surface area contributed by atoms with Gasteiger partial charge in [-0.25, -0.2) is 0 Å². The lowest BCUT2D eigenvalue weighted by atomic mass is 10.1. The van der Waals surface area contributed by atoms with E-state index in [0.29, 0.717) is 11.1 Å². The van der Waals surface area contributed by atoms with E-state index < -0.39 is 0 Å². The Kier molecular flexibility index (Phi) is 2.25. The topological polar surface area (TPSA) is 47.6 Å². The molecule has 0 spiro atoms. The average Bonchev–Trinajstić information content (AvgIpc) is 2.51. The first-order valence-corrected chi connectivity index (χ1v) is 5.39. The Morgan fingerprint density at radius 3 is 2.64 bits per heavy atom. The van der Waals surface area contributed by atoms with E-state index in [2.05, 4.69) is 28.1 Å². The molecule has 0 amide bonds. The lowest BCUT2D eigenvalue weighted by Gasteiger charge is -1.89. The van der Waals surface area contributed by atoms with Crippen LogP contribution >= 0.6 is 27.3 Å². The molecule has 0 aliphatic heterocycles. The van der Waals surface area contributed by atoms with E-state index >= 15 is 0 Å². The molecule has 2 aromatic rings. The van der Waals surface area contributed by atoms with Crippen LogP contribution in [0.15, 0.2) is 22.0 Å². The summed E-state index contributed by atoms with van der Waals surface area (Å²) >= 11 is 4.81. The molecule has 0 atom stereocenters. The van der Waals surface area contributed by atoms with Crippen LogP contribution in [0.3, 0.4) is 0 Å². The molecule has 0 aliphatic rings. The maximum Gasteiger partial charge on any atom is 0.102 e. The Morgan fingerprint density at radius 1 is 1.21 bits per heavy atom. The molecule has 0 radical (unpaired) electrons. The van der Waals surface area contributed by atoms with Gasteiger partial charge < -0.3 is 0 Å². The van der Waals surface area contributed by atoms with E-state index in [9.17, 15) is 0 Å². The summed E-state index contributed by atoms with van der Waals surface area (Å²) in [6.45, 7) is 0. The van der Waals surface area contributed by atoms with Gasteiger partial charge in [0.15, 0.2) is 0 Å². The number of benzene rings is 1. The van der Waals surface area contributed by atoms with Gasteiger partial charge in [-0.05, 0) is 28.1 Å². The van der Waals surface area contributed by atoms with Crippen LogP contribution in [-0.4, -0.2) is 0 Å². The minimum atomic E-state index is 0.621. The number of halogens is 1.